The van der Waals surface area contributed by atoms with E-state index in [0.29, 0.717) is 12.5 Å². The van der Waals surface area contributed by atoms with E-state index in [-0.39, 0.29) is 12.4 Å². The Labute approximate surface area is 87.1 Å². The molecule has 0 bridgehead atoms. The molecule has 0 aromatic heterocycles. The molecule has 1 aliphatic rings. The summed E-state index contributed by atoms with van der Waals surface area (Å²) in [5.41, 5.74) is 0. The van der Waals surface area contributed by atoms with Gasteiger partial charge in [0.2, 0.25) is 0 Å². The summed E-state index contributed by atoms with van der Waals surface area (Å²) in [5.74, 6) is 0.918. The summed E-state index contributed by atoms with van der Waals surface area (Å²) >= 11 is 7.03. The van der Waals surface area contributed by atoms with Gasteiger partial charge in [-0.15, -0.1) is 23.4 Å². The molecule has 3 nitrogen and oxygen atoms in total. The zero-order valence-corrected chi connectivity index (χ0v) is 9.12. The van der Waals surface area contributed by atoms with Crippen molar-refractivity contribution >= 4 is 29.3 Å². The first-order valence-corrected chi connectivity index (χ1v) is 5.68. The highest BCUT2D eigenvalue weighted by Crippen LogP contribution is 2.30. The van der Waals surface area contributed by atoms with E-state index in [2.05, 4.69) is 0 Å². The van der Waals surface area contributed by atoms with Crippen LogP contribution in [0.1, 0.15) is 13.3 Å². The first kappa shape index (κ1) is 11.1. The zero-order chi connectivity index (χ0) is 9.73. The molecule has 0 spiro atoms. The van der Waals surface area contributed by atoms with Crippen LogP contribution in [0.3, 0.4) is 0 Å². The molecule has 1 unspecified atom stereocenters. The van der Waals surface area contributed by atoms with Crippen molar-refractivity contribution in [1.29, 1.82) is 0 Å². The lowest BCUT2D eigenvalue weighted by atomic mass is 10.4. The van der Waals surface area contributed by atoms with Gasteiger partial charge in [-0.25, -0.2) is 0 Å². The predicted molar refractivity (Wildman–Crippen MR) is 53.1 cm³/mol. The molecule has 0 amide bonds. The molecule has 1 aliphatic heterocycles. The van der Waals surface area contributed by atoms with Gasteiger partial charge in [-0.1, -0.05) is 0 Å². The van der Waals surface area contributed by atoms with E-state index in [1.54, 1.807) is 11.8 Å². The number of halogens is 1. The Kier molecular flexibility index (Phi) is 4.35. The second-order valence-corrected chi connectivity index (χ2v) is 4.89. The molecule has 76 valence electrons. The van der Waals surface area contributed by atoms with Crippen LogP contribution in [-0.4, -0.2) is 35.7 Å². The van der Waals surface area contributed by atoms with Gasteiger partial charge >= 0.3 is 5.97 Å². The maximum atomic E-state index is 11.1. The van der Waals surface area contributed by atoms with Gasteiger partial charge < -0.3 is 9.47 Å². The lowest BCUT2D eigenvalue weighted by Gasteiger charge is -2.32. The maximum absolute atomic E-state index is 11.1. The fourth-order valence-corrected chi connectivity index (χ4v) is 2.15. The molecule has 0 aromatic rings. The first-order chi connectivity index (χ1) is 6.16. The van der Waals surface area contributed by atoms with Crippen molar-refractivity contribution in [2.24, 2.45) is 0 Å². The highest BCUT2D eigenvalue weighted by Gasteiger charge is 2.32. The number of thioether (sulfide) groups is 1. The van der Waals surface area contributed by atoms with Crippen LogP contribution >= 0.6 is 23.4 Å². The van der Waals surface area contributed by atoms with Crippen molar-refractivity contribution in [2.75, 3.05) is 24.8 Å². The summed E-state index contributed by atoms with van der Waals surface area (Å²) in [4.78, 5) is 10.6. The molecule has 1 rings (SSSR count). The fraction of sp³-hybridized carbons (Fsp3) is 0.875. The predicted octanol–water partition coefficient (Wildman–Crippen LogP) is 1.64. The normalized spacial score (nSPS) is 28.5. The molecule has 1 atom stereocenters. The van der Waals surface area contributed by atoms with Crippen molar-refractivity contribution < 1.29 is 14.3 Å². The van der Waals surface area contributed by atoms with Gasteiger partial charge in [0.25, 0.3) is 0 Å². The summed E-state index contributed by atoms with van der Waals surface area (Å²) < 4.78 is 10.5. The third kappa shape index (κ3) is 3.75. The number of carbonyl (C=O) groups is 1. The summed E-state index contributed by atoms with van der Waals surface area (Å²) in [7, 11) is 0. The number of ether oxygens (including phenoxy) is 2. The number of carbonyl (C=O) groups excluding carboxylic acids is 1. The van der Waals surface area contributed by atoms with Crippen LogP contribution in [0, 0.1) is 0 Å². The minimum Gasteiger partial charge on any atom is -0.446 e. The van der Waals surface area contributed by atoms with Crippen molar-refractivity contribution in [1.82, 2.24) is 0 Å². The molecule has 5 heteroatoms. The number of rotatable bonds is 3. The quantitative estimate of drug-likeness (QED) is 0.539. The molecule has 1 saturated heterocycles. The second kappa shape index (κ2) is 5.08. The lowest BCUT2D eigenvalue weighted by molar-refractivity contribution is -0.154. The van der Waals surface area contributed by atoms with Crippen LogP contribution in [0.25, 0.3) is 0 Å². The van der Waals surface area contributed by atoms with E-state index < -0.39 is 4.93 Å². The average molecular weight is 225 g/mol. The number of hydrogen-bond acceptors (Lipinski definition) is 4. The van der Waals surface area contributed by atoms with Crippen LogP contribution < -0.4 is 0 Å². The van der Waals surface area contributed by atoms with Gasteiger partial charge in [-0.3, -0.25) is 4.79 Å². The number of esters is 1. The van der Waals surface area contributed by atoms with Gasteiger partial charge in [-0.05, 0) is 6.92 Å². The Morgan fingerprint density at radius 2 is 2.54 bits per heavy atom. The molecule has 0 aromatic carbocycles. The van der Waals surface area contributed by atoms with Crippen molar-refractivity contribution in [2.45, 2.75) is 18.3 Å². The van der Waals surface area contributed by atoms with E-state index in [1.807, 2.05) is 6.92 Å². The van der Waals surface area contributed by atoms with Gasteiger partial charge in [-0.2, -0.15) is 0 Å². The van der Waals surface area contributed by atoms with Crippen LogP contribution in [0.4, 0.5) is 0 Å². The van der Waals surface area contributed by atoms with E-state index in [4.69, 9.17) is 21.1 Å². The van der Waals surface area contributed by atoms with E-state index in [1.165, 1.54) is 0 Å². The largest absolute Gasteiger partial charge is 0.446 e. The first-order valence-electron chi connectivity index (χ1n) is 4.16. The van der Waals surface area contributed by atoms with Crippen molar-refractivity contribution in [3.05, 3.63) is 0 Å². The lowest BCUT2D eigenvalue weighted by Crippen LogP contribution is -2.37. The van der Waals surface area contributed by atoms with E-state index in [9.17, 15) is 4.79 Å². The summed E-state index contributed by atoms with van der Waals surface area (Å²) in [6.45, 7) is 3.06. The Hall–Kier alpha value is 0.0700. The zero-order valence-electron chi connectivity index (χ0n) is 7.55. The van der Waals surface area contributed by atoms with E-state index >= 15 is 0 Å². The Balaban J connectivity index is 2.36. The average Bonchev–Trinajstić information content (AvgIpc) is 2.04. The molecule has 0 aliphatic carbocycles. The van der Waals surface area contributed by atoms with Crippen LogP contribution in [-0.2, 0) is 14.3 Å². The molecule has 0 saturated carbocycles. The minimum atomic E-state index is -0.513. The monoisotopic (exact) mass is 224 g/mol. The molecular weight excluding hydrogens is 212 g/mol. The highest BCUT2D eigenvalue weighted by molar-refractivity contribution is 8.00. The molecule has 0 radical (unpaired) electrons. The Morgan fingerprint density at radius 1 is 1.77 bits per heavy atom. The van der Waals surface area contributed by atoms with Crippen LogP contribution in [0.5, 0.6) is 0 Å². The SMILES string of the molecule is CC1(OC(=O)CCCl)COCCS1. The molecule has 1 fully saturated rings. The van der Waals surface area contributed by atoms with Gasteiger partial charge in [0, 0.05) is 11.6 Å². The minimum absolute atomic E-state index is 0.254. The summed E-state index contributed by atoms with van der Waals surface area (Å²) in [5, 5.41) is 0. The third-order valence-corrected chi connectivity index (χ3v) is 3.00. The third-order valence-electron chi connectivity index (χ3n) is 1.63. The highest BCUT2D eigenvalue weighted by atomic mass is 35.5. The topological polar surface area (TPSA) is 35.5 Å². The van der Waals surface area contributed by atoms with Crippen molar-refractivity contribution in [3.63, 3.8) is 0 Å². The summed E-state index contributed by atoms with van der Waals surface area (Å²) in [6, 6.07) is 0. The second-order valence-electron chi connectivity index (χ2n) is 2.95. The maximum Gasteiger partial charge on any atom is 0.308 e. The smallest absolute Gasteiger partial charge is 0.308 e. The van der Waals surface area contributed by atoms with Gasteiger partial charge in [0.1, 0.15) is 0 Å². The standard InChI is InChI=1S/C8H13ClO3S/c1-8(6-11-4-5-13-8)12-7(10)2-3-9/h2-6H2,1H3. The molecule has 1 heterocycles. The molecule has 13 heavy (non-hydrogen) atoms. The Bertz CT molecular complexity index is 180. The molecular formula is C8H13ClO3S. The molecule has 0 N–H and O–H groups in total. The van der Waals surface area contributed by atoms with Gasteiger partial charge in [0.05, 0.1) is 19.6 Å². The van der Waals surface area contributed by atoms with Crippen LogP contribution in [0.2, 0.25) is 0 Å². The Morgan fingerprint density at radius 3 is 3.08 bits per heavy atom. The van der Waals surface area contributed by atoms with Crippen molar-refractivity contribution in [3.8, 4) is 0 Å². The van der Waals surface area contributed by atoms with Gasteiger partial charge in [0.15, 0.2) is 4.93 Å². The number of hydrogen-bond donors (Lipinski definition) is 0. The fourth-order valence-electron chi connectivity index (χ4n) is 1.04. The number of alkyl halides is 1. The van der Waals surface area contributed by atoms with E-state index in [0.717, 1.165) is 12.4 Å². The van der Waals surface area contributed by atoms with Crippen LogP contribution in [0.15, 0.2) is 0 Å². The summed E-state index contributed by atoms with van der Waals surface area (Å²) in [6.07, 6.45) is 0.262.